The highest BCUT2D eigenvalue weighted by atomic mass is 35.5. The van der Waals surface area contributed by atoms with Gasteiger partial charge in [0.05, 0.1) is 6.61 Å². The van der Waals surface area contributed by atoms with Crippen molar-refractivity contribution in [2.24, 2.45) is 5.73 Å². The molecule has 0 aromatic heterocycles. The molecule has 2 atom stereocenters. The number of carbonyl (C=O) groups is 1. The third kappa shape index (κ3) is 3.72. The van der Waals surface area contributed by atoms with Crippen molar-refractivity contribution in [2.75, 3.05) is 13.2 Å². The van der Waals surface area contributed by atoms with E-state index in [2.05, 4.69) is 5.32 Å². The van der Waals surface area contributed by atoms with Gasteiger partial charge in [-0.1, -0.05) is 48.0 Å². The maximum Gasteiger partial charge on any atom is 0.254 e. The van der Waals surface area contributed by atoms with Crippen LogP contribution in [0.1, 0.15) is 18.1 Å². The normalized spacial score (nSPS) is 21.6. The Kier molecular flexibility index (Phi) is 4.96. The molecule has 1 aliphatic rings. The van der Waals surface area contributed by atoms with Crippen LogP contribution in [0.25, 0.3) is 11.1 Å². The van der Waals surface area contributed by atoms with Crippen molar-refractivity contribution in [2.45, 2.75) is 18.6 Å². The molecule has 0 bridgehead atoms. The predicted molar refractivity (Wildman–Crippen MR) is 91.2 cm³/mol. The van der Waals surface area contributed by atoms with E-state index in [9.17, 15) is 4.79 Å². The van der Waals surface area contributed by atoms with Crippen molar-refractivity contribution in [1.82, 2.24) is 5.32 Å². The maximum absolute atomic E-state index is 12.3. The number of nitrogens with two attached hydrogens (primary N) is 1. The molecule has 2 unspecified atom stereocenters. The van der Waals surface area contributed by atoms with E-state index in [0.717, 1.165) is 23.1 Å². The molecule has 3 rings (SSSR count). The Balaban J connectivity index is 1.78. The van der Waals surface area contributed by atoms with Crippen LogP contribution < -0.4 is 11.1 Å². The average Bonchev–Trinajstić information content (AvgIpc) is 2.77. The molecule has 2 aromatic rings. The van der Waals surface area contributed by atoms with Crippen molar-refractivity contribution in [1.29, 1.82) is 0 Å². The summed E-state index contributed by atoms with van der Waals surface area (Å²) in [6.07, 6.45) is 0.160. The third-order valence-corrected chi connectivity index (χ3v) is 4.26. The number of rotatable bonds is 3. The van der Waals surface area contributed by atoms with Crippen molar-refractivity contribution >= 4 is 17.5 Å². The van der Waals surface area contributed by atoms with E-state index in [1.54, 1.807) is 0 Å². The Morgan fingerprint density at radius 2 is 1.70 bits per heavy atom. The second kappa shape index (κ2) is 7.13. The molecule has 0 spiro atoms. The number of halogens is 1. The van der Waals surface area contributed by atoms with Crippen LogP contribution in [0.2, 0.25) is 5.02 Å². The van der Waals surface area contributed by atoms with Gasteiger partial charge in [0, 0.05) is 17.6 Å². The molecule has 0 saturated carbocycles. The summed E-state index contributed by atoms with van der Waals surface area (Å²) in [6.45, 7) is 0.946. The summed E-state index contributed by atoms with van der Waals surface area (Å²) in [7, 11) is 0. The van der Waals surface area contributed by atoms with Gasteiger partial charge in [-0.3, -0.25) is 4.79 Å². The summed E-state index contributed by atoms with van der Waals surface area (Å²) >= 11 is 5.91. The summed E-state index contributed by atoms with van der Waals surface area (Å²) in [5.74, 6) is -0.128. The molecular formula is C18H19ClN2O2. The molecule has 5 heteroatoms. The standard InChI is InChI=1S/C18H19ClN2O2/c19-15-7-5-13(6-8-15)12-1-3-14(4-2-12)17-18(22)21-16(11-20)9-10-23-17/h1-8,16-17H,9-11,20H2,(H,21,22). The minimum Gasteiger partial charge on any atom is -0.364 e. The number of hydrogen-bond acceptors (Lipinski definition) is 3. The van der Waals surface area contributed by atoms with E-state index in [1.165, 1.54) is 0 Å². The van der Waals surface area contributed by atoms with Crippen LogP contribution in [0.4, 0.5) is 0 Å². The summed E-state index contributed by atoms with van der Waals surface area (Å²) in [5, 5.41) is 3.64. The molecule has 4 nitrogen and oxygen atoms in total. The molecule has 0 aliphatic carbocycles. The van der Waals surface area contributed by atoms with Gasteiger partial charge in [-0.2, -0.15) is 0 Å². The van der Waals surface area contributed by atoms with Crippen LogP contribution in [0.5, 0.6) is 0 Å². The minimum absolute atomic E-state index is 0.0131. The fourth-order valence-corrected chi connectivity index (χ4v) is 2.80. The zero-order chi connectivity index (χ0) is 16.2. The molecular weight excluding hydrogens is 312 g/mol. The zero-order valence-corrected chi connectivity index (χ0v) is 13.4. The SMILES string of the molecule is NCC1CCOC(c2ccc(-c3ccc(Cl)cc3)cc2)C(=O)N1. The van der Waals surface area contributed by atoms with Crippen molar-refractivity contribution in [3.63, 3.8) is 0 Å². The molecule has 0 radical (unpaired) electrons. The lowest BCUT2D eigenvalue weighted by atomic mass is 10.0. The van der Waals surface area contributed by atoms with Gasteiger partial charge in [0.2, 0.25) is 0 Å². The molecule has 1 heterocycles. The molecule has 1 fully saturated rings. The highest BCUT2D eigenvalue weighted by Crippen LogP contribution is 2.26. The summed E-state index contributed by atoms with van der Waals surface area (Å²) in [4.78, 5) is 12.3. The fraction of sp³-hybridized carbons (Fsp3) is 0.278. The Labute approximate surface area is 140 Å². The van der Waals surface area contributed by atoms with Gasteiger partial charge in [-0.05, 0) is 35.2 Å². The largest absolute Gasteiger partial charge is 0.364 e. The quantitative estimate of drug-likeness (QED) is 0.909. The first kappa shape index (κ1) is 16.0. The topological polar surface area (TPSA) is 64.3 Å². The van der Waals surface area contributed by atoms with Gasteiger partial charge in [-0.15, -0.1) is 0 Å². The van der Waals surface area contributed by atoms with Crippen molar-refractivity contribution in [3.05, 3.63) is 59.1 Å². The first-order chi connectivity index (χ1) is 11.2. The van der Waals surface area contributed by atoms with Gasteiger partial charge in [-0.25, -0.2) is 0 Å². The number of hydrogen-bond donors (Lipinski definition) is 2. The van der Waals surface area contributed by atoms with Crippen molar-refractivity contribution in [3.8, 4) is 11.1 Å². The van der Waals surface area contributed by atoms with Crippen LogP contribution in [-0.4, -0.2) is 25.1 Å². The smallest absolute Gasteiger partial charge is 0.254 e. The first-order valence-corrected chi connectivity index (χ1v) is 8.03. The van der Waals surface area contributed by atoms with Gasteiger partial charge in [0.25, 0.3) is 5.91 Å². The Hall–Kier alpha value is -1.88. The predicted octanol–water partition coefficient (Wildman–Crippen LogP) is 2.91. The van der Waals surface area contributed by atoms with Gasteiger partial charge in [0.15, 0.2) is 6.10 Å². The van der Waals surface area contributed by atoms with Crippen LogP contribution in [-0.2, 0) is 9.53 Å². The molecule has 2 aromatic carbocycles. The van der Waals surface area contributed by atoms with Crippen LogP contribution in [0.3, 0.4) is 0 Å². The molecule has 120 valence electrons. The summed E-state index contributed by atoms with van der Waals surface area (Å²) < 4.78 is 5.71. The first-order valence-electron chi connectivity index (χ1n) is 7.65. The van der Waals surface area contributed by atoms with Crippen molar-refractivity contribution < 1.29 is 9.53 Å². The van der Waals surface area contributed by atoms with Crippen LogP contribution in [0, 0.1) is 0 Å². The zero-order valence-electron chi connectivity index (χ0n) is 12.7. The molecule has 1 aliphatic heterocycles. The number of nitrogens with one attached hydrogen (secondary N) is 1. The summed E-state index contributed by atoms with van der Waals surface area (Å²) in [6, 6.07) is 15.5. The van der Waals surface area contributed by atoms with Crippen LogP contribution in [0.15, 0.2) is 48.5 Å². The third-order valence-electron chi connectivity index (χ3n) is 4.01. The van der Waals surface area contributed by atoms with Gasteiger partial charge >= 0.3 is 0 Å². The number of carbonyl (C=O) groups excluding carboxylic acids is 1. The van der Waals surface area contributed by atoms with E-state index in [0.29, 0.717) is 18.2 Å². The Morgan fingerprint density at radius 1 is 1.09 bits per heavy atom. The lowest BCUT2D eigenvalue weighted by molar-refractivity contribution is -0.131. The second-order valence-corrected chi connectivity index (χ2v) is 6.05. The van der Waals surface area contributed by atoms with Crippen LogP contribution >= 0.6 is 11.6 Å². The fourth-order valence-electron chi connectivity index (χ4n) is 2.67. The van der Waals surface area contributed by atoms with E-state index >= 15 is 0 Å². The van der Waals surface area contributed by atoms with E-state index in [4.69, 9.17) is 22.1 Å². The molecule has 1 amide bonds. The number of amides is 1. The minimum atomic E-state index is -0.578. The lowest BCUT2D eigenvalue weighted by Crippen LogP contribution is -2.40. The highest BCUT2D eigenvalue weighted by Gasteiger charge is 2.26. The van der Waals surface area contributed by atoms with E-state index < -0.39 is 6.10 Å². The van der Waals surface area contributed by atoms with Gasteiger partial charge < -0.3 is 15.8 Å². The number of ether oxygens (including phenoxy) is 1. The molecule has 3 N–H and O–H groups in total. The van der Waals surface area contributed by atoms with E-state index in [1.807, 2.05) is 48.5 Å². The second-order valence-electron chi connectivity index (χ2n) is 5.61. The van der Waals surface area contributed by atoms with Gasteiger partial charge in [0.1, 0.15) is 0 Å². The average molecular weight is 331 g/mol. The Morgan fingerprint density at radius 3 is 2.30 bits per heavy atom. The molecule has 1 saturated heterocycles. The summed E-state index contributed by atoms with van der Waals surface area (Å²) in [5.41, 5.74) is 8.63. The lowest BCUT2D eigenvalue weighted by Gasteiger charge is -2.16. The monoisotopic (exact) mass is 330 g/mol. The molecule has 23 heavy (non-hydrogen) atoms. The highest BCUT2D eigenvalue weighted by molar-refractivity contribution is 6.30. The Bertz CT molecular complexity index is 670. The van der Waals surface area contributed by atoms with E-state index in [-0.39, 0.29) is 11.9 Å². The maximum atomic E-state index is 12.3. The number of benzene rings is 2.